The fourth-order valence-electron chi connectivity index (χ4n) is 3.67. The van der Waals surface area contributed by atoms with E-state index in [1.807, 2.05) is 13.0 Å². The molecule has 0 bridgehead atoms. The Bertz CT molecular complexity index is 856. The smallest absolute Gasteiger partial charge is 0.234 e. The van der Waals surface area contributed by atoms with Crippen LogP contribution in [0.3, 0.4) is 0 Å². The topological polar surface area (TPSA) is 76.0 Å². The van der Waals surface area contributed by atoms with Crippen LogP contribution in [0.1, 0.15) is 56.5 Å². The predicted molar refractivity (Wildman–Crippen MR) is 114 cm³/mol. The van der Waals surface area contributed by atoms with Crippen molar-refractivity contribution in [2.45, 2.75) is 64.1 Å². The summed E-state index contributed by atoms with van der Waals surface area (Å²) in [6.07, 6.45) is 6.21. The van der Waals surface area contributed by atoms with Crippen LogP contribution in [0.15, 0.2) is 29.4 Å². The fourth-order valence-corrected chi connectivity index (χ4v) is 4.63. The van der Waals surface area contributed by atoms with Gasteiger partial charge in [-0.2, -0.15) is 0 Å². The Morgan fingerprint density at radius 1 is 1.14 bits per heavy atom. The van der Waals surface area contributed by atoms with Gasteiger partial charge in [0.2, 0.25) is 11.8 Å². The van der Waals surface area contributed by atoms with Gasteiger partial charge in [-0.15, -0.1) is 0 Å². The Kier molecular flexibility index (Phi) is 6.78. The van der Waals surface area contributed by atoms with Crippen molar-refractivity contribution in [2.75, 3.05) is 16.4 Å². The molecule has 1 aliphatic carbocycles. The number of aryl methyl sites for hydroxylation is 1. The molecule has 2 aromatic rings. The first-order valence-electron chi connectivity index (χ1n) is 9.80. The van der Waals surface area contributed by atoms with Gasteiger partial charge in [0.15, 0.2) is 5.16 Å². The summed E-state index contributed by atoms with van der Waals surface area (Å²) < 4.78 is 2.34. The Hall–Kier alpha value is -2.28. The molecule has 0 radical (unpaired) electrons. The normalized spacial score (nSPS) is 14.7. The van der Waals surface area contributed by atoms with Gasteiger partial charge in [-0.1, -0.05) is 37.1 Å². The van der Waals surface area contributed by atoms with Crippen LogP contribution in [0, 0.1) is 13.8 Å². The molecular weight excluding hydrogens is 372 g/mol. The summed E-state index contributed by atoms with van der Waals surface area (Å²) in [7, 11) is 0. The van der Waals surface area contributed by atoms with Crippen molar-refractivity contribution in [2.24, 2.45) is 0 Å². The number of benzene rings is 1. The first kappa shape index (κ1) is 20.5. The molecule has 2 N–H and O–H groups in total. The van der Waals surface area contributed by atoms with E-state index in [4.69, 9.17) is 4.98 Å². The van der Waals surface area contributed by atoms with E-state index >= 15 is 0 Å². The van der Waals surface area contributed by atoms with E-state index in [2.05, 4.69) is 22.1 Å². The molecule has 7 heteroatoms. The van der Waals surface area contributed by atoms with Crippen molar-refractivity contribution in [3.63, 3.8) is 0 Å². The number of nitrogens with zero attached hydrogens (tertiary/aromatic N) is 2. The zero-order chi connectivity index (χ0) is 20.1. The van der Waals surface area contributed by atoms with E-state index in [-0.39, 0.29) is 11.8 Å². The zero-order valence-electron chi connectivity index (χ0n) is 16.7. The van der Waals surface area contributed by atoms with Crippen molar-refractivity contribution < 1.29 is 9.59 Å². The van der Waals surface area contributed by atoms with Gasteiger partial charge < -0.3 is 15.2 Å². The van der Waals surface area contributed by atoms with Crippen LogP contribution in [-0.4, -0.2) is 27.1 Å². The summed E-state index contributed by atoms with van der Waals surface area (Å²) in [5.41, 5.74) is 3.58. The highest BCUT2D eigenvalue weighted by molar-refractivity contribution is 7.99. The molecule has 0 atom stereocenters. The first-order chi connectivity index (χ1) is 13.4. The molecule has 0 aliphatic heterocycles. The van der Waals surface area contributed by atoms with Crippen LogP contribution >= 0.6 is 11.8 Å². The lowest BCUT2D eigenvalue weighted by Crippen LogP contribution is -2.17. The predicted octanol–water partition coefficient (Wildman–Crippen LogP) is 4.69. The number of carbonyl (C=O) groups is 2. The third kappa shape index (κ3) is 5.16. The molecule has 1 fully saturated rings. The van der Waals surface area contributed by atoms with E-state index < -0.39 is 0 Å². The van der Waals surface area contributed by atoms with Gasteiger partial charge in [-0.3, -0.25) is 9.59 Å². The second-order valence-corrected chi connectivity index (χ2v) is 8.27. The highest BCUT2D eigenvalue weighted by atomic mass is 32.2. The zero-order valence-corrected chi connectivity index (χ0v) is 17.6. The Morgan fingerprint density at radius 2 is 1.82 bits per heavy atom. The lowest BCUT2D eigenvalue weighted by atomic mass is 9.95. The second-order valence-electron chi connectivity index (χ2n) is 7.33. The third-order valence-corrected chi connectivity index (χ3v) is 6.05. The van der Waals surface area contributed by atoms with E-state index in [1.54, 1.807) is 18.2 Å². The largest absolute Gasteiger partial charge is 0.326 e. The molecule has 6 nitrogen and oxygen atoms in total. The monoisotopic (exact) mass is 400 g/mol. The highest BCUT2D eigenvalue weighted by Crippen LogP contribution is 2.34. The summed E-state index contributed by atoms with van der Waals surface area (Å²) in [6.45, 7) is 5.61. The van der Waals surface area contributed by atoms with E-state index in [9.17, 15) is 9.59 Å². The molecule has 3 rings (SSSR count). The average molecular weight is 401 g/mol. The van der Waals surface area contributed by atoms with Crippen molar-refractivity contribution >= 4 is 35.0 Å². The summed E-state index contributed by atoms with van der Waals surface area (Å²) in [5, 5.41) is 6.55. The Balaban J connectivity index is 1.63. The van der Waals surface area contributed by atoms with Crippen molar-refractivity contribution in [3.05, 3.63) is 35.7 Å². The van der Waals surface area contributed by atoms with Crippen LogP contribution in [0.4, 0.5) is 11.4 Å². The third-order valence-electron chi connectivity index (χ3n) is 5.09. The number of thioether (sulfide) groups is 1. The molecular formula is C21H28N4O2S. The molecule has 0 spiro atoms. The minimum Gasteiger partial charge on any atom is -0.326 e. The van der Waals surface area contributed by atoms with Gasteiger partial charge in [-0.25, -0.2) is 4.98 Å². The summed E-state index contributed by atoms with van der Waals surface area (Å²) in [4.78, 5) is 28.3. The number of rotatable bonds is 6. The molecule has 1 aliphatic rings. The number of anilines is 2. The maximum atomic E-state index is 12.4. The molecule has 1 saturated carbocycles. The highest BCUT2D eigenvalue weighted by Gasteiger charge is 2.22. The number of hydrogen-bond acceptors (Lipinski definition) is 4. The van der Waals surface area contributed by atoms with Gasteiger partial charge >= 0.3 is 0 Å². The lowest BCUT2D eigenvalue weighted by Gasteiger charge is -2.26. The fraction of sp³-hybridized carbons (Fsp3) is 0.476. The van der Waals surface area contributed by atoms with Gasteiger partial charge in [0, 0.05) is 30.0 Å². The number of hydrogen-bond donors (Lipinski definition) is 2. The Morgan fingerprint density at radius 3 is 2.50 bits per heavy atom. The number of amides is 2. The van der Waals surface area contributed by atoms with Gasteiger partial charge in [0.1, 0.15) is 0 Å². The standard InChI is InChI=1S/C21H28N4O2S/c1-14-15(2)25(19-10-5-4-6-11-19)21(22-14)28-13-20(27)24-18-9-7-8-17(12-18)23-16(3)26/h7-9,12,19H,4-6,10-11,13H2,1-3H3,(H,23,26)(H,24,27). The molecule has 2 amide bonds. The molecule has 0 unspecified atom stereocenters. The summed E-state index contributed by atoms with van der Waals surface area (Å²) in [6, 6.07) is 7.65. The van der Waals surface area contributed by atoms with E-state index in [0.717, 1.165) is 10.9 Å². The van der Waals surface area contributed by atoms with Crippen molar-refractivity contribution in [3.8, 4) is 0 Å². The van der Waals surface area contributed by atoms with Gasteiger partial charge in [-0.05, 0) is 44.9 Å². The Labute approximate surface area is 170 Å². The van der Waals surface area contributed by atoms with Gasteiger partial charge in [0.25, 0.3) is 0 Å². The molecule has 1 heterocycles. The first-order valence-corrected chi connectivity index (χ1v) is 10.8. The van der Waals surface area contributed by atoms with E-state index in [1.165, 1.54) is 56.5 Å². The molecule has 28 heavy (non-hydrogen) atoms. The van der Waals surface area contributed by atoms with Crippen LogP contribution in [0.5, 0.6) is 0 Å². The number of aromatic nitrogens is 2. The number of imidazole rings is 1. The quantitative estimate of drug-likeness (QED) is 0.690. The molecule has 0 saturated heterocycles. The molecule has 150 valence electrons. The maximum absolute atomic E-state index is 12.4. The number of carbonyl (C=O) groups excluding carboxylic acids is 2. The minimum absolute atomic E-state index is 0.0847. The van der Waals surface area contributed by atoms with Crippen molar-refractivity contribution in [1.29, 1.82) is 0 Å². The SMILES string of the molecule is CC(=O)Nc1cccc(NC(=O)CSc2nc(C)c(C)n2C2CCCCC2)c1. The van der Waals surface area contributed by atoms with Crippen LogP contribution in [0.2, 0.25) is 0 Å². The van der Waals surface area contributed by atoms with Crippen LogP contribution < -0.4 is 10.6 Å². The van der Waals surface area contributed by atoms with Crippen molar-refractivity contribution in [1.82, 2.24) is 9.55 Å². The van der Waals surface area contributed by atoms with E-state index in [0.29, 0.717) is 23.2 Å². The van der Waals surface area contributed by atoms with Crippen LogP contribution in [-0.2, 0) is 9.59 Å². The second kappa shape index (κ2) is 9.28. The maximum Gasteiger partial charge on any atom is 0.234 e. The molecule has 1 aromatic carbocycles. The summed E-state index contributed by atoms with van der Waals surface area (Å²) in [5.74, 6) is 0.0743. The summed E-state index contributed by atoms with van der Waals surface area (Å²) >= 11 is 1.49. The lowest BCUT2D eigenvalue weighted by molar-refractivity contribution is -0.114. The molecule has 1 aromatic heterocycles. The van der Waals surface area contributed by atoms with Crippen LogP contribution in [0.25, 0.3) is 0 Å². The van der Waals surface area contributed by atoms with Gasteiger partial charge in [0.05, 0.1) is 11.4 Å². The minimum atomic E-state index is -0.140. The number of nitrogens with one attached hydrogen (secondary N) is 2. The average Bonchev–Trinajstić information content (AvgIpc) is 2.94.